The van der Waals surface area contributed by atoms with Crippen LogP contribution < -0.4 is 28.4 Å². The van der Waals surface area contributed by atoms with Crippen LogP contribution in [0, 0.1) is 0 Å². The van der Waals surface area contributed by atoms with Crippen LogP contribution in [0.3, 0.4) is 0 Å². The molecule has 0 unspecified atom stereocenters. The van der Waals surface area contributed by atoms with Gasteiger partial charge in [0.1, 0.15) is 5.69 Å². The number of imidazole rings is 1. The Labute approximate surface area is 173 Å². The van der Waals surface area contributed by atoms with E-state index in [-0.39, 0.29) is 0 Å². The molecule has 0 saturated carbocycles. The van der Waals surface area contributed by atoms with Gasteiger partial charge in [-0.2, -0.15) is 4.98 Å². The Morgan fingerprint density at radius 1 is 0.862 bits per heavy atom. The van der Waals surface area contributed by atoms with Crippen LogP contribution in [0.25, 0.3) is 21.8 Å². The topological polar surface area (TPSA) is 84.1 Å². The molecule has 0 aliphatic rings. The van der Waals surface area contributed by atoms with E-state index >= 15 is 0 Å². The fourth-order valence-electron chi connectivity index (χ4n) is 2.99. The predicted octanol–water partition coefficient (Wildman–Crippen LogP) is 4.25. The van der Waals surface area contributed by atoms with Crippen molar-refractivity contribution in [3.05, 3.63) is 17.5 Å². The largest absolute Gasteiger partial charge is 0.493 e. The average Bonchev–Trinajstić information content (AvgIpc) is 3.35. The predicted molar refractivity (Wildman–Crippen MR) is 111 cm³/mol. The molecule has 156 valence electrons. The van der Waals surface area contributed by atoms with Gasteiger partial charge in [0.05, 0.1) is 52.7 Å². The normalized spacial score (nSPS) is 10.6. The maximum absolute atomic E-state index is 5.61. The molecule has 3 aromatic rings. The van der Waals surface area contributed by atoms with E-state index in [1.54, 1.807) is 35.5 Å². The highest BCUT2D eigenvalue weighted by molar-refractivity contribution is 7.14. The maximum Gasteiger partial charge on any atom is 0.294 e. The van der Waals surface area contributed by atoms with Gasteiger partial charge in [-0.15, -0.1) is 11.3 Å². The second kappa shape index (κ2) is 8.95. The fraction of sp³-hybridized carbons (Fsp3) is 0.350. The number of aromatic amines is 1. The van der Waals surface area contributed by atoms with Crippen molar-refractivity contribution < 1.29 is 28.4 Å². The molecule has 0 bridgehead atoms. The third-order valence-electron chi connectivity index (χ3n) is 4.27. The molecule has 2 heterocycles. The molecular weight excluding hydrogens is 396 g/mol. The van der Waals surface area contributed by atoms with E-state index in [0.717, 1.165) is 16.1 Å². The summed E-state index contributed by atoms with van der Waals surface area (Å²) in [5.74, 6) is 2.85. The highest BCUT2D eigenvalue weighted by Gasteiger charge is 2.24. The summed E-state index contributed by atoms with van der Waals surface area (Å²) in [5.41, 5.74) is 2.18. The van der Waals surface area contributed by atoms with E-state index in [1.807, 2.05) is 24.4 Å². The highest BCUT2D eigenvalue weighted by Crippen LogP contribution is 2.48. The van der Waals surface area contributed by atoms with Crippen molar-refractivity contribution in [3.8, 4) is 56.6 Å². The van der Waals surface area contributed by atoms with Crippen LogP contribution >= 0.6 is 11.3 Å². The van der Waals surface area contributed by atoms with Crippen LogP contribution in [0.15, 0.2) is 17.5 Å². The molecule has 0 spiro atoms. The Balaban J connectivity index is 2.24. The van der Waals surface area contributed by atoms with Gasteiger partial charge in [0.2, 0.25) is 5.75 Å². The summed E-state index contributed by atoms with van der Waals surface area (Å²) in [4.78, 5) is 8.73. The fourth-order valence-corrected chi connectivity index (χ4v) is 3.97. The van der Waals surface area contributed by atoms with E-state index in [1.165, 1.54) is 11.3 Å². The molecule has 0 aliphatic heterocycles. The van der Waals surface area contributed by atoms with Crippen molar-refractivity contribution in [1.29, 1.82) is 0 Å². The van der Waals surface area contributed by atoms with E-state index in [4.69, 9.17) is 28.4 Å². The van der Waals surface area contributed by atoms with Crippen LogP contribution in [0.5, 0.6) is 34.8 Å². The maximum atomic E-state index is 5.61. The second-order valence-corrected chi connectivity index (χ2v) is 6.66. The first-order valence-electron chi connectivity index (χ1n) is 8.84. The number of nitrogens with one attached hydrogen (secondary N) is 1. The smallest absolute Gasteiger partial charge is 0.294 e. The lowest BCUT2D eigenvalue weighted by Crippen LogP contribution is -1.96. The zero-order valence-corrected chi connectivity index (χ0v) is 18.1. The summed E-state index contributed by atoms with van der Waals surface area (Å²) in [6.45, 7) is 2.38. The van der Waals surface area contributed by atoms with Crippen LogP contribution in [0.2, 0.25) is 0 Å². The molecule has 29 heavy (non-hydrogen) atoms. The molecule has 0 saturated heterocycles. The van der Waals surface area contributed by atoms with Crippen molar-refractivity contribution in [1.82, 2.24) is 9.97 Å². The Bertz CT molecular complexity index is 957. The zero-order valence-electron chi connectivity index (χ0n) is 17.2. The minimum absolute atomic E-state index is 0.403. The number of H-pyrrole nitrogens is 1. The van der Waals surface area contributed by atoms with Gasteiger partial charge in [0.15, 0.2) is 23.0 Å². The quantitative estimate of drug-likeness (QED) is 0.554. The lowest BCUT2D eigenvalue weighted by atomic mass is 10.1. The number of rotatable bonds is 9. The Hall–Kier alpha value is -3.07. The average molecular weight is 420 g/mol. The van der Waals surface area contributed by atoms with Crippen LogP contribution in [-0.2, 0) is 0 Å². The summed E-state index contributed by atoms with van der Waals surface area (Å²) in [6, 6.07) is 4.09. The number of nitrogens with zero attached hydrogens (tertiary/aromatic N) is 1. The van der Waals surface area contributed by atoms with Crippen LogP contribution in [0.4, 0.5) is 0 Å². The molecule has 3 rings (SSSR count). The summed E-state index contributed by atoms with van der Waals surface area (Å²) in [5, 5.41) is 1.88. The summed E-state index contributed by atoms with van der Waals surface area (Å²) in [7, 11) is 7.92. The number of thiophene rings is 1. The lowest BCUT2D eigenvalue weighted by molar-refractivity contribution is 0.316. The standard InChI is InChI=1S/C20H24N2O6S/c1-7-28-20-21-15(11-8-12(23-2)17(26-5)13(9-11)24-3)16(22-20)19-18(27-6)14(25-4)10-29-19/h8-10H,7H2,1-6H3,(H,21,22). The molecule has 0 amide bonds. The first-order valence-corrected chi connectivity index (χ1v) is 9.72. The van der Waals surface area contributed by atoms with Crippen molar-refractivity contribution in [2.24, 2.45) is 0 Å². The minimum atomic E-state index is 0.403. The van der Waals surface area contributed by atoms with Gasteiger partial charge >= 0.3 is 0 Å². The molecule has 0 fully saturated rings. The lowest BCUT2D eigenvalue weighted by Gasteiger charge is -2.14. The highest BCUT2D eigenvalue weighted by atomic mass is 32.1. The van der Waals surface area contributed by atoms with Crippen molar-refractivity contribution in [3.63, 3.8) is 0 Å². The summed E-state index contributed by atoms with van der Waals surface area (Å²) >= 11 is 1.48. The molecule has 0 atom stereocenters. The van der Waals surface area contributed by atoms with Gasteiger partial charge in [-0.25, -0.2) is 0 Å². The third-order valence-corrected chi connectivity index (χ3v) is 5.22. The second-order valence-electron chi connectivity index (χ2n) is 5.78. The van der Waals surface area contributed by atoms with E-state index in [0.29, 0.717) is 47.1 Å². The van der Waals surface area contributed by atoms with Crippen LogP contribution in [-0.4, -0.2) is 52.1 Å². The van der Waals surface area contributed by atoms with Crippen LogP contribution in [0.1, 0.15) is 6.92 Å². The number of aromatic nitrogens is 2. The van der Waals surface area contributed by atoms with Crippen molar-refractivity contribution in [2.75, 3.05) is 42.2 Å². The number of hydrogen-bond donors (Lipinski definition) is 1. The van der Waals surface area contributed by atoms with Crippen molar-refractivity contribution >= 4 is 11.3 Å². The van der Waals surface area contributed by atoms with Crippen molar-refractivity contribution in [2.45, 2.75) is 6.92 Å². The Kier molecular flexibility index (Phi) is 6.38. The number of benzene rings is 1. The first-order chi connectivity index (χ1) is 14.1. The van der Waals surface area contributed by atoms with Gasteiger partial charge in [0, 0.05) is 10.9 Å². The van der Waals surface area contributed by atoms with E-state index < -0.39 is 0 Å². The molecular formula is C20H24N2O6S. The molecule has 0 aliphatic carbocycles. The molecule has 0 radical (unpaired) electrons. The molecule has 1 N–H and O–H groups in total. The van der Waals surface area contributed by atoms with Gasteiger partial charge in [0.25, 0.3) is 6.01 Å². The molecule has 8 nitrogen and oxygen atoms in total. The summed E-state index contributed by atoms with van der Waals surface area (Å²) in [6.07, 6.45) is 0. The molecule has 2 aromatic heterocycles. The van der Waals surface area contributed by atoms with Gasteiger partial charge in [-0.05, 0) is 19.1 Å². The van der Waals surface area contributed by atoms with Gasteiger partial charge in [-0.3, -0.25) is 0 Å². The number of methoxy groups -OCH3 is 5. The molecule has 9 heteroatoms. The van der Waals surface area contributed by atoms with E-state index in [9.17, 15) is 0 Å². The third kappa shape index (κ3) is 3.77. The molecule has 1 aromatic carbocycles. The van der Waals surface area contributed by atoms with Gasteiger partial charge < -0.3 is 33.4 Å². The SMILES string of the molecule is CCOc1nc(-c2cc(OC)c(OC)c(OC)c2)c(-c2scc(OC)c2OC)[nH]1. The zero-order chi connectivity index (χ0) is 21.0. The monoisotopic (exact) mass is 420 g/mol. The van der Waals surface area contributed by atoms with E-state index in [2.05, 4.69) is 9.97 Å². The summed E-state index contributed by atoms with van der Waals surface area (Å²) < 4.78 is 33.0. The Morgan fingerprint density at radius 2 is 1.48 bits per heavy atom. The first kappa shape index (κ1) is 20.7. The number of ether oxygens (including phenoxy) is 6. The van der Waals surface area contributed by atoms with Gasteiger partial charge in [-0.1, -0.05) is 0 Å². The minimum Gasteiger partial charge on any atom is -0.493 e. The number of hydrogen-bond acceptors (Lipinski definition) is 8. The Morgan fingerprint density at radius 3 is 2.00 bits per heavy atom.